The predicted octanol–water partition coefficient (Wildman–Crippen LogP) is 2.32. The molecule has 3 aliphatic rings. The van der Waals surface area contributed by atoms with Crippen LogP contribution in [0, 0.1) is 0 Å². The second-order valence-electron chi connectivity index (χ2n) is 4.65. The zero-order chi connectivity index (χ0) is 13.7. The summed E-state index contributed by atoms with van der Waals surface area (Å²) in [4.78, 5) is 13.1. The van der Waals surface area contributed by atoms with E-state index in [0.717, 1.165) is 22.6 Å². The number of carbonyl (C=O) groups is 1. The number of rotatable bonds is 1. The molecular weight excluding hydrogens is 254 g/mol. The highest BCUT2D eigenvalue weighted by atomic mass is 16.4. The molecule has 0 spiro atoms. The molecule has 98 valence electrons. The highest BCUT2D eigenvalue weighted by Gasteiger charge is 2.34. The average Bonchev–Trinajstić information content (AvgIpc) is 2.84. The molecule has 0 saturated carbocycles. The molecule has 0 unspecified atom stereocenters. The molecule has 1 aromatic carbocycles. The van der Waals surface area contributed by atoms with E-state index in [1.807, 2.05) is 42.5 Å². The molecule has 0 amide bonds. The van der Waals surface area contributed by atoms with Gasteiger partial charge in [-0.2, -0.15) is 0 Å². The maximum atomic E-state index is 11.4. The largest absolute Gasteiger partial charge is 0.477 e. The van der Waals surface area contributed by atoms with Crippen LogP contribution in [-0.4, -0.2) is 21.0 Å². The quantitative estimate of drug-likeness (QED) is 0.816. The standard InChI is InChI=1S/C15H11N3O2/c19-15(20)13-9-18-14(12-7-3-4-8-17(12)13)10-5-1-2-6-11(10)16-18/h1-9,16H,(H,19,20). The van der Waals surface area contributed by atoms with E-state index in [0.29, 0.717) is 0 Å². The van der Waals surface area contributed by atoms with Crippen molar-refractivity contribution in [3.05, 3.63) is 71.9 Å². The minimum atomic E-state index is -0.959. The van der Waals surface area contributed by atoms with Crippen LogP contribution in [0.25, 0.3) is 5.70 Å². The van der Waals surface area contributed by atoms with Crippen LogP contribution in [0.5, 0.6) is 0 Å². The first-order valence-electron chi connectivity index (χ1n) is 6.24. The summed E-state index contributed by atoms with van der Waals surface area (Å²) in [6, 6.07) is 7.92. The molecule has 0 saturated heterocycles. The van der Waals surface area contributed by atoms with Crippen LogP contribution < -0.4 is 5.43 Å². The summed E-state index contributed by atoms with van der Waals surface area (Å²) in [6.07, 6.45) is 9.01. The number of anilines is 1. The number of hydrogen-bond donors (Lipinski definition) is 2. The Labute approximate surface area is 115 Å². The van der Waals surface area contributed by atoms with E-state index in [2.05, 4.69) is 5.43 Å². The van der Waals surface area contributed by atoms with Crippen molar-refractivity contribution in [1.82, 2.24) is 9.91 Å². The van der Waals surface area contributed by atoms with E-state index in [9.17, 15) is 9.90 Å². The van der Waals surface area contributed by atoms with Gasteiger partial charge in [-0.25, -0.2) is 4.79 Å². The fourth-order valence-corrected chi connectivity index (χ4v) is 2.65. The molecule has 0 bridgehead atoms. The SMILES string of the molecule is O=C(O)C1=CN2Nc3ccccc3C2=C2C=CC=CN12. The fraction of sp³-hybridized carbons (Fsp3) is 0. The summed E-state index contributed by atoms with van der Waals surface area (Å²) in [5, 5.41) is 11.1. The van der Waals surface area contributed by atoms with Crippen molar-refractivity contribution in [2.75, 3.05) is 5.43 Å². The summed E-state index contributed by atoms with van der Waals surface area (Å²) in [5.74, 6) is -0.959. The molecule has 0 aromatic heterocycles. The zero-order valence-electron chi connectivity index (χ0n) is 10.4. The molecule has 0 fully saturated rings. The first-order valence-corrected chi connectivity index (χ1v) is 6.24. The molecule has 0 radical (unpaired) electrons. The highest BCUT2D eigenvalue weighted by Crippen LogP contribution is 2.42. The van der Waals surface area contributed by atoms with Gasteiger partial charge in [0.05, 0.1) is 23.3 Å². The second-order valence-corrected chi connectivity index (χ2v) is 4.65. The maximum Gasteiger partial charge on any atom is 0.354 e. The number of hydrogen-bond acceptors (Lipinski definition) is 4. The van der Waals surface area contributed by atoms with Gasteiger partial charge in [-0.15, -0.1) is 0 Å². The molecule has 5 heteroatoms. The number of carboxylic acid groups (broad SMARTS) is 1. The first kappa shape index (κ1) is 10.9. The van der Waals surface area contributed by atoms with Crippen molar-refractivity contribution < 1.29 is 9.90 Å². The molecule has 0 atom stereocenters. The van der Waals surface area contributed by atoms with E-state index >= 15 is 0 Å². The number of carboxylic acids is 1. The van der Waals surface area contributed by atoms with Crippen molar-refractivity contribution in [2.45, 2.75) is 0 Å². The van der Waals surface area contributed by atoms with Crippen molar-refractivity contribution in [1.29, 1.82) is 0 Å². The predicted molar refractivity (Wildman–Crippen MR) is 74.7 cm³/mol. The molecule has 2 N–H and O–H groups in total. The van der Waals surface area contributed by atoms with Gasteiger partial charge in [-0.3, -0.25) is 10.4 Å². The topological polar surface area (TPSA) is 55.8 Å². The lowest BCUT2D eigenvalue weighted by atomic mass is 10.1. The lowest BCUT2D eigenvalue weighted by Crippen LogP contribution is -2.33. The number of allylic oxidation sites excluding steroid dienone is 3. The van der Waals surface area contributed by atoms with Crippen LogP contribution in [-0.2, 0) is 4.79 Å². The third-order valence-electron chi connectivity index (χ3n) is 3.50. The minimum Gasteiger partial charge on any atom is -0.477 e. The minimum absolute atomic E-state index is 0.213. The number of nitrogens with zero attached hydrogens (tertiary/aromatic N) is 2. The summed E-state index contributed by atoms with van der Waals surface area (Å²) >= 11 is 0. The lowest BCUT2D eigenvalue weighted by Gasteiger charge is -2.33. The van der Waals surface area contributed by atoms with E-state index in [-0.39, 0.29) is 5.70 Å². The number of benzene rings is 1. The molecular formula is C15H11N3O2. The number of hydrazine groups is 1. The third-order valence-corrected chi connectivity index (χ3v) is 3.50. The van der Waals surface area contributed by atoms with Crippen LogP contribution in [0.15, 0.2) is 66.3 Å². The molecule has 1 aromatic rings. The van der Waals surface area contributed by atoms with Crippen molar-refractivity contribution >= 4 is 17.4 Å². The van der Waals surface area contributed by atoms with Gasteiger partial charge in [0.2, 0.25) is 0 Å². The summed E-state index contributed by atoms with van der Waals surface area (Å²) in [6.45, 7) is 0. The lowest BCUT2D eigenvalue weighted by molar-refractivity contribution is -0.134. The molecule has 3 aliphatic heterocycles. The van der Waals surface area contributed by atoms with E-state index in [4.69, 9.17) is 0 Å². The monoisotopic (exact) mass is 265 g/mol. The van der Waals surface area contributed by atoms with Crippen molar-refractivity contribution in [3.8, 4) is 0 Å². The summed E-state index contributed by atoms with van der Waals surface area (Å²) < 4.78 is 0. The van der Waals surface area contributed by atoms with Gasteiger partial charge in [0, 0.05) is 11.8 Å². The Morgan fingerprint density at radius 3 is 2.90 bits per heavy atom. The van der Waals surface area contributed by atoms with Gasteiger partial charge in [0.25, 0.3) is 0 Å². The molecule has 4 rings (SSSR count). The number of para-hydroxylation sites is 1. The third kappa shape index (κ3) is 1.34. The van der Waals surface area contributed by atoms with Gasteiger partial charge in [0.1, 0.15) is 0 Å². The second kappa shape index (κ2) is 3.77. The Bertz CT molecular complexity index is 743. The van der Waals surface area contributed by atoms with E-state index < -0.39 is 5.97 Å². The first-order chi connectivity index (χ1) is 9.75. The maximum absolute atomic E-state index is 11.4. The number of fused-ring (bicyclic) bond motifs is 4. The van der Waals surface area contributed by atoms with Gasteiger partial charge >= 0.3 is 5.97 Å². The van der Waals surface area contributed by atoms with E-state index in [1.54, 1.807) is 22.3 Å². The number of aliphatic carboxylic acids is 1. The Morgan fingerprint density at radius 1 is 1.20 bits per heavy atom. The van der Waals surface area contributed by atoms with Crippen LogP contribution in [0.4, 0.5) is 5.69 Å². The van der Waals surface area contributed by atoms with Crippen LogP contribution in [0.1, 0.15) is 5.56 Å². The molecule has 20 heavy (non-hydrogen) atoms. The fourth-order valence-electron chi connectivity index (χ4n) is 2.65. The highest BCUT2D eigenvalue weighted by molar-refractivity contribution is 5.92. The Morgan fingerprint density at radius 2 is 2.05 bits per heavy atom. The van der Waals surface area contributed by atoms with Gasteiger partial charge in [0.15, 0.2) is 5.70 Å². The van der Waals surface area contributed by atoms with Crippen LogP contribution in [0.2, 0.25) is 0 Å². The van der Waals surface area contributed by atoms with Gasteiger partial charge in [-0.1, -0.05) is 24.3 Å². The Hall–Kier alpha value is -2.95. The Balaban J connectivity index is 1.95. The van der Waals surface area contributed by atoms with E-state index in [1.165, 1.54) is 0 Å². The molecule has 0 aliphatic carbocycles. The van der Waals surface area contributed by atoms with Gasteiger partial charge < -0.3 is 10.0 Å². The molecule has 3 heterocycles. The summed E-state index contributed by atoms with van der Waals surface area (Å²) in [5.41, 5.74) is 7.27. The average molecular weight is 265 g/mol. The molecule has 5 nitrogen and oxygen atoms in total. The van der Waals surface area contributed by atoms with Gasteiger partial charge in [-0.05, 0) is 18.2 Å². The smallest absolute Gasteiger partial charge is 0.354 e. The summed E-state index contributed by atoms with van der Waals surface area (Å²) in [7, 11) is 0. The zero-order valence-corrected chi connectivity index (χ0v) is 10.4. The Kier molecular flexibility index (Phi) is 2.06. The normalized spacial score (nSPS) is 18.3. The van der Waals surface area contributed by atoms with Crippen LogP contribution >= 0.6 is 0 Å². The van der Waals surface area contributed by atoms with Crippen LogP contribution in [0.3, 0.4) is 0 Å². The van der Waals surface area contributed by atoms with Crippen molar-refractivity contribution in [3.63, 3.8) is 0 Å². The number of nitrogens with one attached hydrogen (secondary N) is 1. The van der Waals surface area contributed by atoms with Crippen molar-refractivity contribution in [2.24, 2.45) is 0 Å².